The molecule has 0 aromatic heterocycles. The lowest BCUT2D eigenvalue weighted by molar-refractivity contribution is 0.124. The van der Waals surface area contributed by atoms with E-state index in [-0.39, 0.29) is 0 Å². The first-order chi connectivity index (χ1) is 5.29. The molecule has 2 saturated heterocycles. The molecule has 2 nitrogen and oxygen atoms in total. The normalized spacial score (nSPS) is 30.3. The molecule has 0 amide bonds. The highest BCUT2D eigenvalue weighted by Gasteiger charge is 2.33. The lowest BCUT2D eigenvalue weighted by atomic mass is 9.84. The monoisotopic (exact) mass is 154 g/mol. The van der Waals surface area contributed by atoms with Gasteiger partial charge in [0.2, 0.25) is 0 Å². The van der Waals surface area contributed by atoms with Crippen LogP contribution in [-0.4, -0.2) is 37.6 Å². The number of likely N-dealkylation sites (tertiary alicyclic amines) is 1. The van der Waals surface area contributed by atoms with Gasteiger partial charge in [0.25, 0.3) is 0 Å². The second-order valence-corrected chi connectivity index (χ2v) is 4.40. The van der Waals surface area contributed by atoms with E-state index in [4.69, 9.17) is 0 Å². The Labute approximate surface area is 69.0 Å². The minimum absolute atomic E-state index is 0.602. The zero-order valence-electron chi connectivity index (χ0n) is 7.40. The Morgan fingerprint density at radius 2 is 1.91 bits per heavy atom. The van der Waals surface area contributed by atoms with Gasteiger partial charge in [-0.2, -0.15) is 0 Å². The predicted octanol–water partition coefficient (Wildman–Crippen LogP) is 0.692. The first-order valence-corrected chi connectivity index (χ1v) is 4.72. The van der Waals surface area contributed by atoms with E-state index < -0.39 is 0 Å². The third kappa shape index (κ3) is 1.57. The van der Waals surface area contributed by atoms with E-state index in [1.807, 2.05) is 0 Å². The van der Waals surface area contributed by atoms with E-state index in [1.165, 1.54) is 45.6 Å². The SMILES string of the molecule is CC1(CN2CCCC2)CNC1. The van der Waals surface area contributed by atoms with E-state index in [0.717, 1.165) is 0 Å². The van der Waals surface area contributed by atoms with Crippen LogP contribution in [0.4, 0.5) is 0 Å². The number of hydrogen-bond donors (Lipinski definition) is 1. The largest absolute Gasteiger partial charge is 0.315 e. The standard InChI is InChI=1S/C9H18N2/c1-9(6-10-7-9)8-11-4-2-3-5-11/h10H,2-8H2,1H3. The number of rotatable bonds is 2. The number of hydrogen-bond acceptors (Lipinski definition) is 2. The topological polar surface area (TPSA) is 15.3 Å². The van der Waals surface area contributed by atoms with Gasteiger partial charge in [0, 0.05) is 25.0 Å². The highest BCUT2D eigenvalue weighted by Crippen LogP contribution is 2.24. The quantitative estimate of drug-likeness (QED) is 0.629. The summed E-state index contributed by atoms with van der Waals surface area (Å²) in [6.07, 6.45) is 2.84. The Balaban J connectivity index is 1.79. The van der Waals surface area contributed by atoms with Crippen molar-refractivity contribution in [2.75, 3.05) is 32.7 Å². The average molecular weight is 154 g/mol. The Morgan fingerprint density at radius 3 is 2.36 bits per heavy atom. The van der Waals surface area contributed by atoms with E-state index >= 15 is 0 Å². The van der Waals surface area contributed by atoms with Crippen LogP contribution in [0.3, 0.4) is 0 Å². The summed E-state index contributed by atoms with van der Waals surface area (Å²) in [4.78, 5) is 2.61. The molecule has 0 aromatic carbocycles. The van der Waals surface area contributed by atoms with Crippen molar-refractivity contribution < 1.29 is 0 Å². The third-order valence-electron chi connectivity index (χ3n) is 2.91. The maximum absolute atomic E-state index is 3.35. The zero-order valence-corrected chi connectivity index (χ0v) is 7.40. The second kappa shape index (κ2) is 2.76. The molecule has 64 valence electrons. The predicted molar refractivity (Wildman–Crippen MR) is 46.7 cm³/mol. The van der Waals surface area contributed by atoms with Crippen LogP contribution in [0.2, 0.25) is 0 Å². The summed E-state index contributed by atoms with van der Waals surface area (Å²) < 4.78 is 0. The molecule has 2 heterocycles. The fourth-order valence-electron chi connectivity index (χ4n) is 2.14. The Hall–Kier alpha value is -0.0800. The second-order valence-electron chi connectivity index (χ2n) is 4.40. The summed E-state index contributed by atoms with van der Waals surface area (Å²) in [5.41, 5.74) is 0.602. The van der Waals surface area contributed by atoms with Crippen molar-refractivity contribution in [2.24, 2.45) is 5.41 Å². The highest BCUT2D eigenvalue weighted by atomic mass is 15.2. The van der Waals surface area contributed by atoms with Gasteiger partial charge in [-0.1, -0.05) is 6.92 Å². The molecular weight excluding hydrogens is 136 g/mol. The summed E-state index contributed by atoms with van der Waals surface area (Å²) in [6.45, 7) is 8.85. The van der Waals surface area contributed by atoms with Crippen LogP contribution in [0.5, 0.6) is 0 Å². The van der Waals surface area contributed by atoms with Crippen LogP contribution in [0.25, 0.3) is 0 Å². The molecule has 0 bridgehead atoms. The molecule has 2 aliphatic rings. The van der Waals surface area contributed by atoms with Crippen molar-refractivity contribution >= 4 is 0 Å². The van der Waals surface area contributed by atoms with Gasteiger partial charge in [0.15, 0.2) is 0 Å². The maximum Gasteiger partial charge on any atom is 0.00597 e. The molecule has 0 aromatic rings. The van der Waals surface area contributed by atoms with E-state index in [0.29, 0.717) is 5.41 Å². The Bertz CT molecular complexity index is 134. The highest BCUT2D eigenvalue weighted by molar-refractivity contribution is 4.91. The minimum Gasteiger partial charge on any atom is -0.315 e. The molecule has 2 fully saturated rings. The van der Waals surface area contributed by atoms with Gasteiger partial charge >= 0.3 is 0 Å². The van der Waals surface area contributed by atoms with Gasteiger partial charge in [-0.15, -0.1) is 0 Å². The molecule has 0 radical (unpaired) electrons. The lowest BCUT2D eigenvalue weighted by Gasteiger charge is -2.42. The van der Waals surface area contributed by atoms with Crippen molar-refractivity contribution in [1.29, 1.82) is 0 Å². The molecule has 2 aliphatic heterocycles. The van der Waals surface area contributed by atoms with E-state index in [2.05, 4.69) is 17.1 Å². The summed E-state index contributed by atoms with van der Waals surface area (Å²) >= 11 is 0. The van der Waals surface area contributed by atoms with Crippen LogP contribution in [0, 0.1) is 5.41 Å². The summed E-state index contributed by atoms with van der Waals surface area (Å²) in [5.74, 6) is 0. The molecule has 2 rings (SSSR count). The number of nitrogens with one attached hydrogen (secondary N) is 1. The van der Waals surface area contributed by atoms with Crippen molar-refractivity contribution in [2.45, 2.75) is 19.8 Å². The minimum atomic E-state index is 0.602. The first-order valence-electron chi connectivity index (χ1n) is 4.72. The van der Waals surface area contributed by atoms with Crippen LogP contribution in [0.15, 0.2) is 0 Å². The molecule has 0 saturated carbocycles. The van der Waals surface area contributed by atoms with Crippen molar-refractivity contribution in [3.8, 4) is 0 Å². The lowest BCUT2D eigenvalue weighted by Crippen LogP contribution is -2.56. The number of nitrogens with zero attached hydrogens (tertiary/aromatic N) is 1. The first kappa shape index (κ1) is 7.56. The van der Waals surface area contributed by atoms with Crippen molar-refractivity contribution in [3.05, 3.63) is 0 Å². The van der Waals surface area contributed by atoms with Gasteiger partial charge in [-0.25, -0.2) is 0 Å². The van der Waals surface area contributed by atoms with Crippen LogP contribution in [0.1, 0.15) is 19.8 Å². The fourth-order valence-corrected chi connectivity index (χ4v) is 2.14. The average Bonchev–Trinajstić information content (AvgIpc) is 2.36. The van der Waals surface area contributed by atoms with Crippen molar-refractivity contribution in [1.82, 2.24) is 10.2 Å². The summed E-state index contributed by atoms with van der Waals surface area (Å²) in [7, 11) is 0. The molecule has 0 aliphatic carbocycles. The fraction of sp³-hybridized carbons (Fsp3) is 1.00. The third-order valence-corrected chi connectivity index (χ3v) is 2.91. The molecule has 1 N–H and O–H groups in total. The molecule has 0 unspecified atom stereocenters. The van der Waals surface area contributed by atoms with Crippen molar-refractivity contribution in [3.63, 3.8) is 0 Å². The zero-order chi connectivity index (χ0) is 7.73. The van der Waals surface area contributed by atoms with Crippen LogP contribution >= 0.6 is 0 Å². The molecule has 0 spiro atoms. The van der Waals surface area contributed by atoms with E-state index in [1.54, 1.807) is 0 Å². The van der Waals surface area contributed by atoms with Gasteiger partial charge in [-0.3, -0.25) is 0 Å². The molecule has 0 atom stereocenters. The Morgan fingerprint density at radius 1 is 1.27 bits per heavy atom. The van der Waals surface area contributed by atoms with Gasteiger partial charge in [-0.05, 0) is 25.9 Å². The maximum atomic E-state index is 3.35. The summed E-state index contributed by atoms with van der Waals surface area (Å²) in [6, 6.07) is 0. The Kier molecular flexibility index (Phi) is 1.90. The molecular formula is C9H18N2. The van der Waals surface area contributed by atoms with Gasteiger partial charge < -0.3 is 10.2 Å². The van der Waals surface area contributed by atoms with Gasteiger partial charge in [0.1, 0.15) is 0 Å². The van der Waals surface area contributed by atoms with E-state index in [9.17, 15) is 0 Å². The smallest absolute Gasteiger partial charge is 0.00597 e. The van der Waals surface area contributed by atoms with Crippen LogP contribution in [-0.2, 0) is 0 Å². The van der Waals surface area contributed by atoms with Crippen LogP contribution < -0.4 is 5.32 Å². The summed E-state index contributed by atoms with van der Waals surface area (Å²) in [5, 5.41) is 3.35. The molecule has 2 heteroatoms. The van der Waals surface area contributed by atoms with Gasteiger partial charge in [0.05, 0.1) is 0 Å². The molecule has 11 heavy (non-hydrogen) atoms.